The van der Waals surface area contributed by atoms with Gasteiger partial charge < -0.3 is 10.2 Å². The first kappa shape index (κ1) is 15.3. The van der Waals surface area contributed by atoms with Crippen LogP contribution >= 0.6 is 0 Å². The van der Waals surface area contributed by atoms with E-state index in [4.69, 9.17) is 0 Å². The highest BCUT2D eigenvalue weighted by Crippen LogP contribution is 2.37. The van der Waals surface area contributed by atoms with Crippen LogP contribution in [0.15, 0.2) is 0 Å². The first-order valence-electron chi connectivity index (χ1n) is 8.02. The maximum Gasteiger partial charge on any atom is 0.246 e. The monoisotopic (exact) mass is 280 g/mol. The molecular weight excluding hydrogens is 252 g/mol. The number of amides is 2. The van der Waals surface area contributed by atoms with Gasteiger partial charge in [0, 0.05) is 6.54 Å². The number of rotatable bonds is 6. The summed E-state index contributed by atoms with van der Waals surface area (Å²) in [7, 11) is 0. The molecule has 0 spiro atoms. The third kappa shape index (κ3) is 2.84. The van der Waals surface area contributed by atoms with E-state index < -0.39 is 5.54 Å². The standard InChI is InChI=1S/C16H28N2O2/c1-5-16(4)15(20)17-13(12-8-9-12)14(19)18(16)10-6-7-11(2)3/h11-13H,5-10H2,1-4H3,(H,17,20). The summed E-state index contributed by atoms with van der Waals surface area (Å²) in [5.74, 6) is 1.18. The predicted molar refractivity (Wildman–Crippen MR) is 79.1 cm³/mol. The summed E-state index contributed by atoms with van der Waals surface area (Å²) in [5.41, 5.74) is -0.667. The fourth-order valence-electron chi connectivity index (χ4n) is 3.01. The number of nitrogens with zero attached hydrogens (tertiary/aromatic N) is 1. The van der Waals surface area contributed by atoms with Gasteiger partial charge in [0.1, 0.15) is 11.6 Å². The Morgan fingerprint density at radius 2 is 2.00 bits per heavy atom. The summed E-state index contributed by atoms with van der Waals surface area (Å²) >= 11 is 0. The maximum atomic E-state index is 12.7. The minimum Gasteiger partial charge on any atom is -0.342 e. The van der Waals surface area contributed by atoms with Crippen LogP contribution in [0.5, 0.6) is 0 Å². The lowest BCUT2D eigenvalue weighted by molar-refractivity contribution is -0.157. The third-order valence-corrected chi connectivity index (χ3v) is 4.85. The van der Waals surface area contributed by atoms with Crippen molar-refractivity contribution >= 4 is 11.8 Å². The number of hydrogen-bond acceptors (Lipinski definition) is 2. The van der Waals surface area contributed by atoms with Gasteiger partial charge in [0.05, 0.1) is 0 Å². The van der Waals surface area contributed by atoms with Crippen LogP contribution in [0.1, 0.15) is 59.8 Å². The Morgan fingerprint density at radius 3 is 2.50 bits per heavy atom. The molecule has 0 aromatic rings. The Morgan fingerprint density at radius 1 is 1.35 bits per heavy atom. The number of carbonyl (C=O) groups is 2. The van der Waals surface area contributed by atoms with Crippen LogP contribution in [-0.2, 0) is 9.59 Å². The van der Waals surface area contributed by atoms with E-state index in [2.05, 4.69) is 19.2 Å². The number of nitrogens with one attached hydrogen (secondary N) is 1. The van der Waals surface area contributed by atoms with Gasteiger partial charge in [0.15, 0.2) is 0 Å². The lowest BCUT2D eigenvalue weighted by Gasteiger charge is -2.46. The van der Waals surface area contributed by atoms with Gasteiger partial charge in [-0.15, -0.1) is 0 Å². The molecule has 1 aliphatic heterocycles. The highest BCUT2D eigenvalue weighted by Gasteiger charge is 2.51. The van der Waals surface area contributed by atoms with Gasteiger partial charge >= 0.3 is 0 Å². The Balaban J connectivity index is 2.11. The van der Waals surface area contributed by atoms with Gasteiger partial charge in [-0.05, 0) is 50.9 Å². The Kier molecular flexibility index (Phi) is 4.40. The van der Waals surface area contributed by atoms with Crippen LogP contribution in [0.25, 0.3) is 0 Å². The summed E-state index contributed by atoms with van der Waals surface area (Å²) in [6, 6.07) is -0.263. The number of carbonyl (C=O) groups excluding carboxylic acids is 2. The van der Waals surface area contributed by atoms with Gasteiger partial charge in [-0.2, -0.15) is 0 Å². The van der Waals surface area contributed by atoms with Crippen molar-refractivity contribution in [1.82, 2.24) is 10.2 Å². The van der Waals surface area contributed by atoms with E-state index in [1.165, 1.54) is 0 Å². The molecule has 2 unspecified atom stereocenters. The van der Waals surface area contributed by atoms with E-state index in [-0.39, 0.29) is 17.9 Å². The van der Waals surface area contributed by atoms with Crippen molar-refractivity contribution < 1.29 is 9.59 Å². The highest BCUT2D eigenvalue weighted by molar-refractivity contribution is 5.99. The van der Waals surface area contributed by atoms with Crippen LogP contribution in [-0.4, -0.2) is 34.8 Å². The average molecular weight is 280 g/mol. The summed E-state index contributed by atoms with van der Waals surface area (Å²) in [6.45, 7) is 8.98. The molecule has 0 radical (unpaired) electrons. The first-order valence-corrected chi connectivity index (χ1v) is 8.02. The summed E-state index contributed by atoms with van der Waals surface area (Å²) in [6.07, 6.45) is 4.88. The van der Waals surface area contributed by atoms with Crippen LogP contribution in [0.4, 0.5) is 0 Å². The minimum atomic E-state index is -0.667. The molecule has 114 valence electrons. The van der Waals surface area contributed by atoms with E-state index in [9.17, 15) is 9.59 Å². The van der Waals surface area contributed by atoms with Crippen molar-refractivity contribution in [2.45, 2.75) is 71.4 Å². The van der Waals surface area contributed by atoms with Crippen molar-refractivity contribution in [3.63, 3.8) is 0 Å². The third-order valence-electron chi connectivity index (χ3n) is 4.85. The lowest BCUT2D eigenvalue weighted by atomic mass is 9.89. The van der Waals surface area contributed by atoms with E-state index in [0.29, 0.717) is 24.8 Å². The van der Waals surface area contributed by atoms with Crippen LogP contribution < -0.4 is 5.32 Å². The molecule has 2 atom stereocenters. The summed E-state index contributed by atoms with van der Waals surface area (Å²) in [4.78, 5) is 27.0. The molecule has 1 aliphatic carbocycles. The summed E-state index contributed by atoms with van der Waals surface area (Å²) in [5, 5.41) is 2.97. The van der Waals surface area contributed by atoms with E-state index in [1.54, 1.807) is 0 Å². The molecule has 4 heteroatoms. The summed E-state index contributed by atoms with van der Waals surface area (Å²) < 4.78 is 0. The van der Waals surface area contributed by atoms with Crippen molar-refractivity contribution in [3.8, 4) is 0 Å². The predicted octanol–water partition coefficient (Wildman–Crippen LogP) is 2.33. The molecule has 2 fully saturated rings. The fraction of sp³-hybridized carbons (Fsp3) is 0.875. The quantitative estimate of drug-likeness (QED) is 0.812. The zero-order chi connectivity index (χ0) is 14.9. The number of hydrogen-bond donors (Lipinski definition) is 1. The van der Waals surface area contributed by atoms with E-state index in [1.807, 2.05) is 18.7 Å². The van der Waals surface area contributed by atoms with E-state index >= 15 is 0 Å². The molecule has 2 amide bonds. The topological polar surface area (TPSA) is 49.4 Å². The number of piperazine rings is 1. The zero-order valence-corrected chi connectivity index (χ0v) is 13.2. The first-order chi connectivity index (χ1) is 9.40. The molecular formula is C16H28N2O2. The second kappa shape index (κ2) is 5.74. The smallest absolute Gasteiger partial charge is 0.246 e. The SMILES string of the molecule is CCC1(C)C(=O)NC(C2CC2)C(=O)N1CCCC(C)C. The van der Waals surface area contributed by atoms with E-state index in [0.717, 1.165) is 25.7 Å². The van der Waals surface area contributed by atoms with Crippen molar-refractivity contribution in [1.29, 1.82) is 0 Å². The Labute approximate surface area is 122 Å². The molecule has 1 N–H and O–H groups in total. The molecule has 1 saturated heterocycles. The average Bonchev–Trinajstić information content (AvgIpc) is 3.22. The largest absolute Gasteiger partial charge is 0.342 e. The second-order valence-electron chi connectivity index (χ2n) is 6.94. The Hall–Kier alpha value is -1.06. The van der Waals surface area contributed by atoms with Gasteiger partial charge in [-0.1, -0.05) is 20.8 Å². The second-order valence-corrected chi connectivity index (χ2v) is 6.94. The van der Waals surface area contributed by atoms with Crippen molar-refractivity contribution in [2.24, 2.45) is 11.8 Å². The van der Waals surface area contributed by atoms with Gasteiger partial charge in [0.2, 0.25) is 11.8 Å². The normalized spacial score (nSPS) is 30.9. The molecule has 2 aliphatic rings. The van der Waals surface area contributed by atoms with Gasteiger partial charge in [-0.3, -0.25) is 9.59 Å². The van der Waals surface area contributed by atoms with Crippen LogP contribution in [0.3, 0.4) is 0 Å². The molecule has 1 heterocycles. The van der Waals surface area contributed by atoms with Crippen LogP contribution in [0.2, 0.25) is 0 Å². The van der Waals surface area contributed by atoms with Crippen molar-refractivity contribution in [3.05, 3.63) is 0 Å². The van der Waals surface area contributed by atoms with Crippen molar-refractivity contribution in [2.75, 3.05) is 6.54 Å². The Bertz CT molecular complexity index is 390. The zero-order valence-electron chi connectivity index (χ0n) is 13.2. The molecule has 0 aromatic carbocycles. The molecule has 0 aromatic heterocycles. The molecule has 2 rings (SSSR count). The van der Waals surface area contributed by atoms with Crippen LogP contribution in [0, 0.1) is 11.8 Å². The lowest BCUT2D eigenvalue weighted by Crippen LogP contribution is -2.69. The molecule has 20 heavy (non-hydrogen) atoms. The molecule has 1 saturated carbocycles. The van der Waals surface area contributed by atoms with Gasteiger partial charge in [0.25, 0.3) is 0 Å². The van der Waals surface area contributed by atoms with Gasteiger partial charge in [-0.25, -0.2) is 0 Å². The minimum absolute atomic E-state index is 0.0287. The molecule has 4 nitrogen and oxygen atoms in total. The molecule has 0 bridgehead atoms. The fourth-order valence-corrected chi connectivity index (χ4v) is 3.01. The highest BCUT2D eigenvalue weighted by atomic mass is 16.2. The maximum absolute atomic E-state index is 12.7.